The number of hydrogen-bond donors (Lipinski definition) is 1. The fourth-order valence-corrected chi connectivity index (χ4v) is 2.75. The van der Waals surface area contributed by atoms with Crippen LogP contribution in [0.25, 0.3) is 11.5 Å². The van der Waals surface area contributed by atoms with Crippen molar-refractivity contribution < 1.29 is 14.0 Å². The first-order chi connectivity index (χ1) is 10.6. The minimum Gasteiger partial charge on any atom is -0.411 e. The number of aromatic nitrogens is 2. The Morgan fingerprint density at radius 3 is 3.05 bits per heavy atom. The van der Waals surface area contributed by atoms with E-state index in [0.717, 1.165) is 11.8 Å². The number of benzene rings is 1. The van der Waals surface area contributed by atoms with E-state index in [1.165, 1.54) is 4.90 Å². The third kappa shape index (κ3) is 3.23. The maximum atomic E-state index is 11.9. The van der Waals surface area contributed by atoms with E-state index in [4.69, 9.17) is 16.0 Å². The number of carbonyl (C=O) groups excluding carboxylic acids is 2. The van der Waals surface area contributed by atoms with Gasteiger partial charge in [-0.1, -0.05) is 29.4 Å². The average molecular weight is 339 g/mol. The van der Waals surface area contributed by atoms with Gasteiger partial charge in [0.05, 0.1) is 5.75 Å². The summed E-state index contributed by atoms with van der Waals surface area (Å²) < 4.78 is 5.48. The lowest BCUT2D eigenvalue weighted by atomic mass is 10.2. The van der Waals surface area contributed by atoms with Gasteiger partial charge in [-0.3, -0.25) is 9.69 Å². The SMILES string of the molecule is O=C(CSc1nnc(-c2cccc(Cl)c2)o1)N1CCNC1=O. The van der Waals surface area contributed by atoms with Gasteiger partial charge in [0.1, 0.15) is 0 Å². The third-order valence-corrected chi connectivity index (χ3v) is 3.99. The molecule has 0 aliphatic carbocycles. The van der Waals surface area contributed by atoms with Crippen LogP contribution in [0.15, 0.2) is 33.9 Å². The van der Waals surface area contributed by atoms with Gasteiger partial charge in [-0.05, 0) is 18.2 Å². The Bertz CT molecular complexity index is 721. The van der Waals surface area contributed by atoms with Gasteiger partial charge in [0.15, 0.2) is 0 Å². The van der Waals surface area contributed by atoms with E-state index in [1.54, 1.807) is 24.3 Å². The highest BCUT2D eigenvalue weighted by molar-refractivity contribution is 7.99. The van der Waals surface area contributed by atoms with E-state index in [9.17, 15) is 9.59 Å². The lowest BCUT2D eigenvalue weighted by Crippen LogP contribution is -2.35. The van der Waals surface area contributed by atoms with E-state index in [2.05, 4.69) is 15.5 Å². The summed E-state index contributed by atoms with van der Waals surface area (Å²) in [6.45, 7) is 0.866. The molecule has 0 bridgehead atoms. The predicted octanol–water partition coefficient (Wildman–Crippen LogP) is 2.03. The highest BCUT2D eigenvalue weighted by atomic mass is 35.5. The van der Waals surface area contributed by atoms with Gasteiger partial charge in [0, 0.05) is 23.7 Å². The van der Waals surface area contributed by atoms with Crippen molar-refractivity contribution in [2.75, 3.05) is 18.8 Å². The van der Waals surface area contributed by atoms with Crippen LogP contribution in [0.2, 0.25) is 5.02 Å². The zero-order valence-corrected chi connectivity index (χ0v) is 12.9. The van der Waals surface area contributed by atoms with E-state index in [1.807, 2.05) is 0 Å². The summed E-state index contributed by atoms with van der Waals surface area (Å²) in [6.07, 6.45) is 0. The molecule has 1 fully saturated rings. The number of imide groups is 1. The normalized spacial score (nSPS) is 14.2. The molecule has 0 radical (unpaired) electrons. The van der Waals surface area contributed by atoms with Crippen LogP contribution in [-0.4, -0.2) is 45.9 Å². The molecular weight excluding hydrogens is 328 g/mol. The van der Waals surface area contributed by atoms with Crippen LogP contribution in [0.1, 0.15) is 0 Å². The quantitative estimate of drug-likeness (QED) is 0.858. The number of rotatable bonds is 4. The van der Waals surface area contributed by atoms with Crippen molar-refractivity contribution in [1.82, 2.24) is 20.4 Å². The van der Waals surface area contributed by atoms with Crippen molar-refractivity contribution in [3.63, 3.8) is 0 Å². The lowest BCUT2D eigenvalue weighted by Gasteiger charge is -2.10. The first-order valence-electron chi connectivity index (χ1n) is 6.44. The van der Waals surface area contributed by atoms with Crippen LogP contribution in [0.3, 0.4) is 0 Å². The molecule has 2 aromatic rings. The van der Waals surface area contributed by atoms with E-state index >= 15 is 0 Å². The molecule has 1 saturated heterocycles. The fourth-order valence-electron chi connectivity index (χ4n) is 1.92. The zero-order valence-electron chi connectivity index (χ0n) is 11.3. The Labute approximate surface area is 135 Å². The molecule has 1 N–H and O–H groups in total. The Balaban J connectivity index is 1.62. The molecule has 1 aliphatic rings. The number of thioether (sulfide) groups is 1. The van der Waals surface area contributed by atoms with Crippen LogP contribution >= 0.6 is 23.4 Å². The first kappa shape index (κ1) is 14.9. The number of hydrogen-bond acceptors (Lipinski definition) is 6. The zero-order chi connectivity index (χ0) is 15.5. The number of amides is 3. The van der Waals surface area contributed by atoms with Crippen LogP contribution in [0.4, 0.5) is 4.79 Å². The number of nitrogens with zero attached hydrogens (tertiary/aromatic N) is 3. The molecule has 0 atom stereocenters. The lowest BCUT2D eigenvalue weighted by molar-refractivity contribution is -0.124. The van der Waals surface area contributed by atoms with E-state index < -0.39 is 0 Å². The average Bonchev–Trinajstić information content (AvgIpc) is 3.14. The summed E-state index contributed by atoms with van der Waals surface area (Å²) in [5.74, 6) is 0.101. The molecular formula is C13H11ClN4O3S. The van der Waals surface area contributed by atoms with Gasteiger partial charge in [-0.2, -0.15) is 0 Å². The summed E-state index contributed by atoms with van der Waals surface area (Å²) in [7, 11) is 0. The Morgan fingerprint density at radius 1 is 1.45 bits per heavy atom. The topological polar surface area (TPSA) is 88.3 Å². The largest absolute Gasteiger partial charge is 0.411 e. The maximum Gasteiger partial charge on any atom is 0.324 e. The van der Waals surface area contributed by atoms with Gasteiger partial charge in [-0.15, -0.1) is 10.2 Å². The van der Waals surface area contributed by atoms with Crippen molar-refractivity contribution in [3.8, 4) is 11.5 Å². The van der Waals surface area contributed by atoms with Crippen LogP contribution in [0, 0.1) is 0 Å². The third-order valence-electron chi connectivity index (χ3n) is 2.95. The molecule has 1 aliphatic heterocycles. The molecule has 1 aromatic heterocycles. The second kappa shape index (κ2) is 6.37. The monoisotopic (exact) mass is 338 g/mol. The van der Waals surface area contributed by atoms with Crippen molar-refractivity contribution in [2.24, 2.45) is 0 Å². The maximum absolute atomic E-state index is 11.9. The minimum atomic E-state index is -0.365. The summed E-state index contributed by atoms with van der Waals surface area (Å²) in [6, 6.07) is 6.67. The second-order valence-corrected chi connectivity index (χ2v) is 5.81. The Morgan fingerprint density at radius 2 is 2.32 bits per heavy atom. The molecule has 3 amide bonds. The summed E-state index contributed by atoms with van der Waals surface area (Å²) in [5.41, 5.74) is 0.706. The molecule has 114 valence electrons. The molecule has 0 spiro atoms. The van der Waals surface area contributed by atoms with Gasteiger partial charge in [0.25, 0.3) is 5.22 Å². The summed E-state index contributed by atoms with van der Waals surface area (Å²) in [5, 5.41) is 11.2. The molecule has 9 heteroatoms. The van der Waals surface area contributed by atoms with Crippen LogP contribution in [0.5, 0.6) is 0 Å². The van der Waals surface area contributed by atoms with E-state index in [-0.39, 0.29) is 22.9 Å². The summed E-state index contributed by atoms with van der Waals surface area (Å²) >= 11 is 7.00. The van der Waals surface area contributed by atoms with Crippen molar-refractivity contribution in [2.45, 2.75) is 5.22 Å². The van der Waals surface area contributed by atoms with Crippen molar-refractivity contribution >= 4 is 35.3 Å². The molecule has 22 heavy (non-hydrogen) atoms. The number of nitrogens with one attached hydrogen (secondary N) is 1. The van der Waals surface area contributed by atoms with E-state index in [0.29, 0.717) is 29.6 Å². The van der Waals surface area contributed by atoms with Crippen LogP contribution in [-0.2, 0) is 4.79 Å². The Kier molecular flexibility index (Phi) is 4.30. The molecule has 2 heterocycles. The predicted molar refractivity (Wildman–Crippen MR) is 80.6 cm³/mol. The van der Waals surface area contributed by atoms with Crippen molar-refractivity contribution in [3.05, 3.63) is 29.3 Å². The highest BCUT2D eigenvalue weighted by Crippen LogP contribution is 2.25. The number of carbonyl (C=O) groups is 2. The van der Waals surface area contributed by atoms with Gasteiger partial charge in [-0.25, -0.2) is 4.79 Å². The fraction of sp³-hybridized carbons (Fsp3) is 0.231. The molecule has 0 saturated carbocycles. The van der Waals surface area contributed by atoms with Crippen LogP contribution < -0.4 is 5.32 Å². The molecule has 7 nitrogen and oxygen atoms in total. The number of urea groups is 1. The smallest absolute Gasteiger partial charge is 0.324 e. The van der Waals surface area contributed by atoms with Crippen molar-refractivity contribution in [1.29, 1.82) is 0 Å². The summed E-state index contributed by atoms with van der Waals surface area (Å²) in [4.78, 5) is 24.4. The van der Waals surface area contributed by atoms with Gasteiger partial charge < -0.3 is 9.73 Å². The standard InChI is InChI=1S/C13H11ClN4O3S/c14-9-3-1-2-8(6-9)11-16-17-13(21-11)22-7-10(19)18-5-4-15-12(18)20/h1-3,6H,4-5,7H2,(H,15,20). The molecule has 1 aromatic carbocycles. The van der Waals surface area contributed by atoms with Gasteiger partial charge >= 0.3 is 6.03 Å². The van der Waals surface area contributed by atoms with Gasteiger partial charge in [0.2, 0.25) is 11.8 Å². The Hall–Kier alpha value is -2.06. The molecule has 0 unspecified atom stereocenters. The highest BCUT2D eigenvalue weighted by Gasteiger charge is 2.26. The minimum absolute atomic E-state index is 0.0601. The number of halogens is 1. The molecule has 3 rings (SSSR count). The second-order valence-electron chi connectivity index (χ2n) is 4.45. The first-order valence-corrected chi connectivity index (χ1v) is 7.80.